The molecule has 0 aromatic heterocycles. The first-order chi connectivity index (χ1) is 32.1. The third-order valence-corrected chi connectivity index (χ3v) is 14.2. The fourth-order valence-electron chi connectivity index (χ4n) is 10.6. The molecule has 4 fully saturated rings. The summed E-state index contributed by atoms with van der Waals surface area (Å²) in [5.74, 6) is -9.12. The van der Waals surface area contributed by atoms with E-state index < -0.39 is 147 Å². The lowest BCUT2D eigenvalue weighted by atomic mass is 9.42. The molecule has 2 unspecified atom stereocenters. The Bertz CT molecular complexity index is 2270. The highest BCUT2D eigenvalue weighted by Gasteiger charge is 2.79. The minimum absolute atomic E-state index is 0.0468. The Labute approximate surface area is 414 Å². The summed E-state index contributed by atoms with van der Waals surface area (Å²) in [7, 11) is 0. The lowest BCUT2D eigenvalue weighted by molar-refractivity contribution is -0.350. The van der Waals surface area contributed by atoms with E-state index in [-0.39, 0.29) is 25.1 Å². The molecule has 3 saturated carbocycles. The van der Waals surface area contributed by atoms with E-state index in [1.807, 2.05) is 0 Å². The summed E-state index contributed by atoms with van der Waals surface area (Å²) in [6.45, 7) is 10.4. The van der Waals surface area contributed by atoms with E-state index in [2.05, 4.69) is 10.6 Å². The summed E-state index contributed by atoms with van der Waals surface area (Å²) >= 11 is 17.1. The number of amides is 2. The second kappa shape index (κ2) is 20.3. The van der Waals surface area contributed by atoms with Crippen molar-refractivity contribution in [2.45, 2.75) is 125 Å². The first kappa shape index (κ1) is 53.8. The molecule has 1 heterocycles. The topological polar surface area (TPSA) is 249 Å². The van der Waals surface area contributed by atoms with Crippen LogP contribution in [0, 0.1) is 28.6 Å². The van der Waals surface area contributed by atoms with E-state index in [0.717, 1.165) is 6.92 Å². The van der Waals surface area contributed by atoms with E-state index in [4.69, 9.17) is 68.0 Å². The van der Waals surface area contributed by atoms with Gasteiger partial charge in [-0.2, -0.15) is 0 Å². The molecule has 378 valence electrons. The smallest absolute Gasteiger partial charge is 0.408 e. The van der Waals surface area contributed by atoms with Gasteiger partial charge in [0.1, 0.15) is 36.1 Å². The molecule has 2 bridgehead atoms. The molecule has 4 N–H and O–H groups in total. The number of hydrogen-bond acceptors (Lipinski definition) is 16. The van der Waals surface area contributed by atoms with Crippen LogP contribution in [-0.4, -0.2) is 129 Å². The van der Waals surface area contributed by atoms with Gasteiger partial charge in [-0.3, -0.25) is 14.4 Å². The fourth-order valence-corrected chi connectivity index (χ4v) is 10.7. The molecular weight excluding hydrogens is 967 g/mol. The molecule has 12 atom stereocenters. The van der Waals surface area contributed by atoms with Crippen molar-refractivity contribution in [3.8, 4) is 0 Å². The van der Waals surface area contributed by atoms with Gasteiger partial charge in [-0.1, -0.05) is 104 Å². The number of hydrogen-bond donors (Lipinski definition) is 4. The zero-order valence-electron chi connectivity index (χ0n) is 39.5. The average molecular weight is 1030 g/mol. The van der Waals surface area contributed by atoms with Gasteiger partial charge in [0.2, 0.25) is 15.4 Å². The molecule has 1 saturated heterocycles. The maximum atomic E-state index is 15.1. The molecule has 0 radical (unpaired) electrons. The summed E-state index contributed by atoms with van der Waals surface area (Å²) in [6.07, 6.45) is -10.5. The summed E-state index contributed by atoms with van der Waals surface area (Å²) in [5, 5.41) is 30.8. The highest BCUT2D eigenvalue weighted by molar-refractivity contribution is 6.67. The lowest BCUT2D eigenvalue weighted by Gasteiger charge is -2.67. The van der Waals surface area contributed by atoms with Gasteiger partial charge in [0, 0.05) is 43.6 Å². The second-order valence-electron chi connectivity index (χ2n) is 19.9. The van der Waals surface area contributed by atoms with Crippen LogP contribution in [0.25, 0.3) is 0 Å². The summed E-state index contributed by atoms with van der Waals surface area (Å²) in [5.41, 5.74) is -8.62. The third kappa shape index (κ3) is 10.9. The number of benzene rings is 2. The minimum atomic E-state index is -2.42. The Morgan fingerprint density at radius 3 is 2.12 bits per heavy atom. The number of ketones is 2. The van der Waals surface area contributed by atoms with Crippen molar-refractivity contribution >= 4 is 76.5 Å². The Morgan fingerprint density at radius 2 is 1.55 bits per heavy atom. The number of fused-ring (bicyclic) bond motifs is 5. The largest absolute Gasteiger partial charge is 0.460 e. The Balaban J connectivity index is 1.45. The normalized spacial score (nSPS) is 31.3. The van der Waals surface area contributed by atoms with Gasteiger partial charge in [-0.05, 0) is 45.4 Å². The van der Waals surface area contributed by atoms with Crippen LogP contribution < -0.4 is 10.6 Å². The number of esters is 3. The second-order valence-corrected chi connectivity index (χ2v) is 22.4. The van der Waals surface area contributed by atoms with Crippen molar-refractivity contribution in [3.05, 3.63) is 71.8 Å². The van der Waals surface area contributed by atoms with Crippen molar-refractivity contribution in [1.82, 2.24) is 10.6 Å². The van der Waals surface area contributed by atoms with Gasteiger partial charge in [-0.25, -0.2) is 19.2 Å². The summed E-state index contributed by atoms with van der Waals surface area (Å²) < 4.78 is 39.3. The highest BCUT2D eigenvalue weighted by Crippen LogP contribution is 2.64. The Hall–Kier alpha value is -4.56. The van der Waals surface area contributed by atoms with Gasteiger partial charge >= 0.3 is 30.1 Å². The van der Waals surface area contributed by atoms with Crippen LogP contribution in [0.15, 0.2) is 60.7 Å². The molecule has 2 aromatic rings. The maximum Gasteiger partial charge on any atom is 0.408 e. The number of aliphatic hydroxyl groups excluding tert-OH is 1. The van der Waals surface area contributed by atoms with Gasteiger partial charge < -0.3 is 54.0 Å². The van der Waals surface area contributed by atoms with Crippen molar-refractivity contribution in [2.75, 3.05) is 26.4 Å². The Morgan fingerprint density at radius 1 is 0.928 bits per heavy atom. The van der Waals surface area contributed by atoms with Crippen LogP contribution >= 0.6 is 34.8 Å². The molecule has 69 heavy (non-hydrogen) atoms. The number of ether oxygens (including phenoxy) is 7. The number of halogens is 3. The predicted octanol–water partition coefficient (Wildman–Crippen LogP) is 5.52. The maximum absolute atomic E-state index is 15.1. The summed E-state index contributed by atoms with van der Waals surface area (Å²) in [6, 6.07) is 14.6. The molecule has 18 nitrogen and oxygen atoms in total. The summed E-state index contributed by atoms with van der Waals surface area (Å²) in [4.78, 5) is 98.4. The van der Waals surface area contributed by atoms with E-state index in [9.17, 15) is 34.2 Å². The minimum Gasteiger partial charge on any atom is -0.460 e. The van der Waals surface area contributed by atoms with Crippen LogP contribution in [0.1, 0.15) is 90.2 Å². The van der Waals surface area contributed by atoms with Gasteiger partial charge in [-0.15, -0.1) is 0 Å². The average Bonchev–Trinajstić information content (AvgIpc) is 3.26. The third-order valence-electron chi connectivity index (χ3n) is 13.9. The molecule has 3 aliphatic carbocycles. The SMILES string of the molecule is CC(=O)O[C@]12CO[C@@H]1C[C@H](O)[C@@]1(C)C(=O)C(=O)C3C(C)[C@@H](OC(=O)[C@H](OCCNC(=O)OCC(Cl)(Cl)Cl)[C@@H](NC(=O)OC(C)(C)C)c4ccccc4)C[C@@](O)([C@@H](OC(=O)c4ccccc4)[C@H]21)C3(C)C. The molecule has 1 aliphatic heterocycles. The number of carbonyl (C=O) groups excluding carboxylic acids is 7. The van der Waals surface area contributed by atoms with Crippen LogP contribution in [0.2, 0.25) is 0 Å². The van der Waals surface area contributed by atoms with Crippen LogP contribution in [-0.2, 0) is 52.3 Å². The van der Waals surface area contributed by atoms with E-state index in [1.54, 1.807) is 76.2 Å². The van der Waals surface area contributed by atoms with E-state index in [0.29, 0.717) is 5.56 Å². The van der Waals surface area contributed by atoms with Crippen molar-refractivity contribution in [2.24, 2.45) is 28.6 Å². The molecule has 4 aliphatic rings. The number of Topliss-reactive ketones (excluding diaryl/α,β-unsaturated/α-hetero) is 2. The highest BCUT2D eigenvalue weighted by atomic mass is 35.6. The number of alkyl carbamates (subject to hydrolysis) is 2. The molecule has 6 rings (SSSR count). The number of rotatable bonds is 13. The van der Waals surface area contributed by atoms with Crippen LogP contribution in [0.3, 0.4) is 0 Å². The number of alkyl halides is 3. The lowest BCUT2D eigenvalue weighted by Crippen LogP contribution is -2.82. The van der Waals surface area contributed by atoms with Crippen LogP contribution in [0.5, 0.6) is 0 Å². The van der Waals surface area contributed by atoms with Gasteiger partial charge in [0.05, 0.1) is 42.3 Å². The number of carbonyl (C=O) groups is 7. The molecule has 21 heteroatoms. The van der Waals surface area contributed by atoms with E-state index in [1.165, 1.54) is 32.9 Å². The molecular formula is C48H59Cl3N2O16. The van der Waals surface area contributed by atoms with Crippen LogP contribution in [0.4, 0.5) is 9.59 Å². The standard InChI is InChI=1S/C48H59Cl3N2O16/c1-25-29(66-40(59)35(63-20-19-52-41(60)65-24-48(49,50)51)33(27-15-11-9-12-16-27)53-42(61)69-43(3,4)5)22-47(62)38(67-39(58)28-17-13-10-14-18-28)36-45(8,37(57)34(56)32(25)44(47,6)7)30(55)21-31-46(36,23-64-31)68-26(2)54/h9-18,25,29-33,35-36,38,55,62H,19-24H2,1-8H3,(H,52,60)(H,53,61)/t25?,29-,30-,31+,32?,33-,35+,36-,38-,45+,46+,47+/m0/s1. The fraction of sp³-hybridized carbons (Fsp3) is 0.604. The molecule has 2 amide bonds. The first-order valence-electron chi connectivity index (χ1n) is 22.5. The van der Waals surface area contributed by atoms with Crippen molar-refractivity contribution < 1.29 is 76.9 Å². The zero-order chi connectivity index (χ0) is 51.1. The number of nitrogens with one attached hydrogen (secondary N) is 2. The van der Waals surface area contributed by atoms with E-state index >= 15 is 9.59 Å². The quantitative estimate of drug-likeness (QED) is 0.0634. The molecule has 0 spiro atoms. The number of aliphatic hydroxyl groups is 2. The zero-order valence-corrected chi connectivity index (χ0v) is 41.7. The van der Waals surface area contributed by atoms with Gasteiger partial charge in [0.15, 0.2) is 11.7 Å². The van der Waals surface area contributed by atoms with Gasteiger partial charge in [0.25, 0.3) is 0 Å². The van der Waals surface area contributed by atoms with Crippen molar-refractivity contribution in [3.63, 3.8) is 0 Å². The van der Waals surface area contributed by atoms with Crippen molar-refractivity contribution in [1.29, 1.82) is 0 Å². The molecule has 2 aromatic carbocycles. The Kier molecular flexibility index (Phi) is 15.8. The predicted molar refractivity (Wildman–Crippen MR) is 246 cm³/mol. The monoisotopic (exact) mass is 1020 g/mol. The first-order valence-corrected chi connectivity index (χ1v) is 23.6.